The third kappa shape index (κ3) is 6.65. The molecule has 1 N–H and O–H groups in total. The number of nitrogens with one attached hydrogen (secondary N) is 1. The van der Waals surface area contributed by atoms with E-state index in [4.69, 9.17) is 18.9 Å². The molecule has 1 fully saturated rings. The van der Waals surface area contributed by atoms with Gasteiger partial charge in [-0.2, -0.15) is 0 Å². The number of ether oxygens (including phenoxy) is 4. The molecule has 1 unspecified atom stereocenters. The predicted octanol–water partition coefficient (Wildman–Crippen LogP) is 0.741. The normalized spacial score (nSPS) is 22.7. The summed E-state index contributed by atoms with van der Waals surface area (Å²) < 4.78 is 20.7. The van der Waals surface area contributed by atoms with Crippen LogP contribution < -0.4 is 5.32 Å². The first kappa shape index (κ1) is 17.4. The van der Waals surface area contributed by atoms with Crippen molar-refractivity contribution in [2.45, 2.75) is 31.7 Å². The zero-order chi connectivity index (χ0) is 14.7. The van der Waals surface area contributed by atoms with E-state index < -0.39 is 5.54 Å². The lowest BCUT2D eigenvalue weighted by Crippen LogP contribution is -2.53. The molecular formula is C14H27NO5. The van der Waals surface area contributed by atoms with Crippen LogP contribution in [0.5, 0.6) is 0 Å². The van der Waals surface area contributed by atoms with Crippen LogP contribution in [0.25, 0.3) is 0 Å². The Hall–Kier alpha value is -0.690. The zero-order valence-corrected chi connectivity index (χ0v) is 12.6. The number of methoxy groups -OCH3 is 1. The van der Waals surface area contributed by atoms with Crippen molar-refractivity contribution in [3.8, 4) is 0 Å². The van der Waals surface area contributed by atoms with Gasteiger partial charge in [0.05, 0.1) is 33.0 Å². The van der Waals surface area contributed by atoms with Crippen LogP contribution >= 0.6 is 0 Å². The van der Waals surface area contributed by atoms with Gasteiger partial charge in [-0.05, 0) is 32.7 Å². The largest absolute Gasteiger partial charge is 0.462 e. The second-order valence-electron chi connectivity index (χ2n) is 5.07. The molecule has 1 atom stereocenters. The first-order valence-corrected chi connectivity index (χ1v) is 7.26. The molecule has 0 aromatic heterocycles. The molecular weight excluding hydrogens is 262 g/mol. The van der Waals surface area contributed by atoms with Crippen molar-refractivity contribution in [1.29, 1.82) is 0 Å². The Bertz CT molecular complexity index is 266. The van der Waals surface area contributed by atoms with E-state index in [2.05, 4.69) is 5.32 Å². The van der Waals surface area contributed by atoms with Crippen LogP contribution in [-0.2, 0) is 23.7 Å². The molecule has 6 nitrogen and oxygen atoms in total. The lowest BCUT2D eigenvalue weighted by atomic mass is 9.91. The molecule has 1 heterocycles. The molecule has 118 valence electrons. The quantitative estimate of drug-likeness (QED) is 0.473. The van der Waals surface area contributed by atoms with E-state index in [0.29, 0.717) is 33.0 Å². The maximum atomic E-state index is 11.9. The van der Waals surface area contributed by atoms with Crippen LogP contribution in [0.3, 0.4) is 0 Å². The molecule has 0 spiro atoms. The van der Waals surface area contributed by atoms with Gasteiger partial charge >= 0.3 is 5.97 Å². The van der Waals surface area contributed by atoms with Gasteiger partial charge in [-0.1, -0.05) is 0 Å². The van der Waals surface area contributed by atoms with E-state index in [0.717, 1.165) is 25.8 Å². The summed E-state index contributed by atoms with van der Waals surface area (Å²) in [5, 5.41) is 3.23. The zero-order valence-electron chi connectivity index (χ0n) is 12.6. The van der Waals surface area contributed by atoms with Crippen molar-refractivity contribution < 1.29 is 23.7 Å². The number of carbonyl (C=O) groups excluding carboxylic acids is 1. The molecule has 6 heteroatoms. The maximum Gasteiger partial charge on any atom is 0.326 e. The van der Waals surface area contributed by atoms with Crippen molar-refractivity contribution in [1.82, 2.24) is 5.32 Å². The summed E-state index contributed by atoms with van der Waals surface area (Å²) >= 11 is 0. The molecule has 0 aliphatic carbocycles. The molecule has 0 radical (unpaired) electrons. The molecule has 0 amide bonds. The van der Waals surface area contributed by atoms with Crippen LogP contribution in [0.4, 0.5) is 0 Å². The number of carbonyl (C=O) groups is 1. The molecule has 0 saturated carbocycles. The Kier molecular flexibility index (Phi) is 8.77. The standard InChI is InChI=1S/C14H27NO5/c1-14(5-3-4-6-15-14)13(16)20-12-11-19-10-9-18-8-7-17-2/h15H,3-12H2,1-2H3. The Balaban J connectivity index is 1.96. The minimum Gasteiger partial charge on any atom is -0.462 e. The summed E-state index contributed by atoms with van der Waals surface area (Å²) in [4.78, 5) is 11.9. The average Bonchev–Trinajstić information content (AvgIpc) is 2.46. The molecule has 0 bridgehead atoms. The summed E-state index contributed by atoms with van der Waals surface area (Å²) in [7, 11) is 1.63. The van der Waals surface area contributed by atoms with Crippen LogP contribution in [0, 0.1) is 0 Å². The fourth-order valence-electron chi connectivity index (χ4n) is 2.05. The fourth-order valence-corrected chi connectivity index (χ4v) is 2.05. The van der Waals surface area contributed by atoms with Crippen molar-refractivity contribution in [2.75, 3.05) is 53.3 Å². The highest BCUT2D eigenvalue weighted by Gasteiger charge is 2.35. The molecule has 1 rings (SSSR count). The van der Waals surface area contributed by atoms with E-state index in [1.54, 1.807) is 7.11 Å². The summed E-state index contributed by atoms with van der Waals surface area (Å²) in [6.45, 7) is 5.64. The molecule has 1 aliphatic rings. The van der Waals surface area contributed by atoms with Crippen LogP contribution in [0.1, 0.15) is 26.2 Å². The Labute approximate surface area is 121 Å². The number of hydrogen-bond acceptors (Lipinski definition) is 6. The number of rotatable bonds is 10. The van der Waals surface area contributed by atoms with Crippen LogP contribution in [0.15, 0.2) is 0 Å². The van der Waals surface area contributed by atoms with Crippen molar-refractivity contribution in [3.05, 3.63) is 0 Å². The topological polar surface area (TPSA) is 66.0 Å². The minimum absolute atomic E-state index is 0.183. The monoisotopic (exact) mass is 289 g/mol. The highest BCUT2D eigenvalue weighted by Crippen LogP contribution is 2.19. The fraction of sp³-hybridized carbons (Fsp3) is 0.929. The van der Waals surface area contributed by atoms with Crippen molar-refractivity contribution in [3.63, 3.8) is 0 Å². The van der Waals surface area contributed by atoms with Crippen molar-refractivity contribution >= 4 is 5.97 Å². The first-order valence-electron chi connectivity index (χ1n) is 7.26. The van der Waals surface area contributed by atoms with Gasteiger partial charge < -0.3 is 24.3 Å². The Morgan fingerprint density at radius 3 is 2.30 bits per heavy atom. The molecule has 1 saturated heterocycles. The second-order valence-corrected chi connectivity index (χ2v) is 5.07. The lowest BCUT2D eigenvalue weighted by Gasteiger charge is -2.32. The molecule has 0 aromatic carbocycles. The average molecular weight is 289 g/mol. The summed E-state index contributed by atoms with van der Waals surface area (Å²) in [5.41, 5.74) is -0.526. The second kappa shape index (κ2) is 10.1. The number of hydrogen-bond donors (Lipinski definition) is 1. The van der Waals surface area contributed by atoms with Gasteiger partial charge in [0.2, 0.25) is 0 Å². The number of piperidine rings is 1. The van der Waals surface area contributed by atoms with E-state index in [1.165, 1.54) is 0 Å². The van der Waals surface area contributed by atoms with E-state index in [1.807, 2.05) is 6.92 Å². The van der Waals surface area contributed by atoms with E-state index >= 15 is 0 Å². The lowest BCUT2D eigenvalue weighted by molar-refractivity contribution is -0.153. The van der Waals surface area contributed by atoms with Gasteiger partial charge in [0.1, 0.15) is 12.1 Å². The smallest absolute Gasteiger partial charge is 0.326 e. The molecule has 0 aromatic rings. The van der Waals surface area contributed by atoms with Gasteiger partial charge in [-0.3, -0.25) is 4.79 Å². The Morgan fingerprint density at radius 2 is 1.70 bits per heavy atom. The maximum absolute atomic E-state index is 11.9. The highest BCUT2D eigenvalue weighted by molar-refractivity contribution is 5.80. The van der Waals surface area contributed by atoms with Gasteiger partial charge in [0.25, 0.3) is 0 Å². The minimum atomic E-state index is -0.526. The van der Waals surface area contributed by atoms with Gasteiger partial charge in [-0.25, -0.2) is 0 Å². The molecule has 20 heavy (non-hydrogen) atoms. The van der Waals surface area contributed by atoms with Crippen molar-refractivity contribution in [2.24, 2.45) is 0 Å². The summed E-state index contributed by atoms with van der Waals surface area (Å²) in [5.74, 6) is -0.183. The van der Waals surface area contributed by atoms with Gasteiger partial charge in [0.15, 0.2) is 0 Å². The summed E-state index contributed by atoms with van der Waals surface area (Å²) in [6, 6.07) is 0. The predicted molar refractivity (Wildman–Crippen MR) is 74.7 cm³/mol. The van der Waals surface area contributed by atoms with Crippen LogP contribution in [-0.4, -0.2) is 64.8 Å². The van der Waals surface area contributed by atoms with Gasteiger partial charge in [0, 0.05) is 7.11 Å². The molecule has 1 aliphatic heterocycles. The highest BCUT2D eigenvalue weighted by atomic mass is 16.6. The SMILES string of the molecule is COCCOCCOCCOC(=O)C1(C)CCCCN1. The summed E-state index contributed by atoms with van der Waals surface area (Å²) in [6.07, 6.45) is 3.02. The third-order valence-electron chi connectivity index (χ3n) is 3.33. The van der Waals surface area contributed by atoms with E-state index in [9.17, 15) is 4.79 Å². The third-order valence-corrected chi connectivity index (χ3v) is 3.33. The van der Waals surface area contributed by atoms with Crippen LogP contribution in [0.2, 0.25) is 0 Å². The Morgan fingerprint density at radius 1 is 1.05 bits per heavy atom. The van der Waals surface area contributed by atoms with Gasteiger partial charge in [-0.15, -0.1) is 0 Å². The first-order chi connectivity index (χ1) is 9.69. The number of esters is 1. The van der Waals surface area contributed by atoms with E-state index in [-0.39, 0.29) is 12.6 Å².